The fourth-order valence-electron chi connectivity index (χ4n) is 2.68. The zero-order valence-corrected chi connectivity index (χ0v) is 16.2. The van der Waals surface area contributed by atoms with Crippen molar-refractivity contribution in [1.82, 2.24) is 5.43 Å². The second-order valence-electron chi connectivity index (χ2n) is 6.32. The summed E-state index contributed by atoms with van der Waals surface area (Å²) in [5, 5.41) is 9.54. The number of amides is 2. The molecular weight excluding hydrogens is 374 g/mol. The molecule has 2 N–H and O–H groups in total. The summed E-state index contributed by atoms with van der Waals surface area (Å²) in [5.74, 6) is -0.604. The van der Waals surface area contributed by atoms with Crippen LogP contribution in [0.1, 0.15) is 25.3 Å². The van der Waals surface area contributed by atoms with Crippen LogP contribution in [0, 0.1) is 0 Å². The fourth-order valence-corrected chi connectivity index (χ4v) is 2.87. The van der Waals surface area contributed by atoms with Crippen LogP contribution >= 0.6 is 11.6 Å². The lowest BCUT2D eigenvalue weighted by Gasteiger charge is -2.07. The Hall–Kier alpha value is -3.18. The maximum absolute atomic E-state index is 12.0. The van der Waals surface area contributed by atoms with Gasteiger partial charge in [-0.1, -0.05) is 60.1 Å². The molecule has 0 bridgehead atoms. The highest BCUT2D eigenvalue weighted by molar-refractivity contribution is 6.33. The van der Waals surface area contributed by atoms with Crippen LogP contribution in [0.2, 0.25) is 5.02 Å². The maximum atomic E-state index is 12.0. The van der Waals surface area contributed by atoms with Crippen molar-refractivity contribution in [2.75, 3.05) is 5.32 Å². The number of halogens is 1. The first kappa shape index (κ1) is 19.6. The van der Waals surface area contributed by atoms with Gasteiger partial charge in [0.25, 0.3) is 0 Å². The Morgan fingerprint density at radius 1 is 0.893 bits per heavy atom. The molecule has 2 amide bonds. The van der Waals surface area contributed by atoms with E-state index in [0.29, 0.717) is 16.4 Å². The third-order valence-corrected chi connectivity index (χ3v) is 4.57. The molecule has 0 unspecified atom stereocenters. The largest absolute Gasteiger partial charge is 0.325 e. The second kappa shape index (κ2) is 9.15. The molecule has 0 spiro atoms. The van der Waals surface area contributed by atoms with E-state index >= 15 is 0 Å². The number of rotatable bonds is 6. The first-order valence-corrected chi connectivity index (χ1v) is 9.27. The highest BCUT2D eigenvalue weighted by atomic mass is 35.5. The Bertz CT molecular complexity index is 1050. The summed E-state index contributed by atoms with van der Waals surface area (Å²) in [7, 11) is 0. The Labute approximate surface area is 168 Å². The summed E-state index contributed by atoms with van der Waals surface area (Å²) in [5.41, 5.74) is 4.65. The third-order valence-electron chi connectivity index (χ3n) is 4.24. The topological polar surface area (TPSA) is 70.6 Å². The quantitative estimate of drug-likeness (QED) is 0.468. The Kier molecular flexibility index (Phi) is 6.40. The molecule has 0 fully saturated rings. The molecule has 0 aliphatic rings. The summed E-state index contributed by atoms with van der Waals surface area (Å²) in [4.78, 5) is 24.0. The molecule has 3 aromatic carbocycles. The van der Waals surface area contributed by atoms with Gasteiger partial charge in [-0.15, -0.1) is 0 Å². The number of para-hydroxylation sites is 1. The van der Waals surface area contributed by atoms with Gasteiger partial charge in [0.15, 0.2) is 0 Å². The van der Waals surface area contributed by atoms with Crippen molar-refractivity contribution in [2.45, 2.75) is 19.8 Å². The van der Waals surface area contributed by atoms with E-state index in [9.17, 15) is 9.59 Å². The van der Waals surface area contributed by atoms with Gasteiger partial charge in [-0.05, 0) is 41.5 Å². The minimum absolute atomic E-state index is 0.0325. The van der Waals surface area contributed by atoms with Gasteiger partial charge in [-0.3, -0.25) is 9.59 Å². The predicted octanol–water partition coefficient (Wildman–Crippen LogP) is 4.75. The average molecular weight is 394 g/mol. The van der Waals surface area contributed by atoms with E-state index in [0.717, 1.165) is 16.3 Å². The predicted molar refractivity (Wildman–Crippen MR) is 114 cm³/mol. The molecule has 0 heterocycles. The molecule has 0 radical (unpaired) electrons. The van der Waals surface area contributed by atoms with Gasteiger partial charge < -0.3 is 5.32 Å². The fraction of sp³-hybridized carbons (Fsp3) is 0.136. The van der Waals surface area contributed by atoms with E-state index in [1.165, 1.54) is 0 Å². The molecule has 0 aromatic heterocycles. The maximum Gasteiger partial charge on any atom is 0.240 e. The Balaban J connectivity index is 1.52. The first-order valence-electron chi connectivity index (χ1n) is 8.89. The third kappa shape index (κ3) is 5.18. The lowest BCUT2D eigenvalue weighted by Crippen LogP contribution is -2.21. The standard InChI is InChI=1S/C22H20ClN3O2/c1-15(17-11-10-16-6-2-3-7-18(16)14-17)25-26-22(28)13-12-21(27)24-20-9-5-4-8-19(20)23/h2-11,14H,12-13H2,1H3,(H,24,27)(H,26,28)/b25-15+. The summed E-state index contributed by atoms with van der Waals surface area (Å²) in [6, 6.07) is 21.0. The van der Waals surface area contributed by atoms with Crippen molar-refractivity contribution in [3.05, 3.63) is 77.3 Å². The monoisotopic (exact) mass is 393 g/mol. The lowest BCUT2D eigenvalue weighted by atomic mass is 10.0. The lowest BCUT2D eigenvalue weighted by molar-refractivity contribution is -0.124. The number of anilines is 1. The van der Waals surface area contributed by atoms with E-state index in [1.807, 2.05) is 49.4 Å². The minimum Gasteiger partial charge on any atom is -0.325 e. The van der Waals surface area contributed by atoms with E-state index in [1.54, 1.807) is 24.3 Å². The molecule has 3 aromatic rings. The van der Waals surface area contributed by atoms with Gasteiger partial charge >= 0.3 is 0 Å². The van der Waals surface area contributed by atoms with Crippen LogP contribution in [-0.2, 0) is 9.59 Å². The minimum atomic E-state index is -0.325. The van der Waals surface area contributed by atoms with Gasteiger partial charge in [-0.2, -0.15) is 5.10 Å². The van der Waals surface area contributed by atoms with Crippen LogP contribution in [0.15, 0.2) is 71.8 Å². The van der Waals surface area contributed by atoms with Crippen LogP contribution in [-0.4, -0.2) is 17.5 Å². The van der Waals surface area contributed by atoms with Crippen molar-refractivity contribution in [3.63, 3.8) is 0 Å². The SMILES string of the molecule is C/C(=N\NC(=O)CCC(=O)Nc1ccccc1Cl)c1ccc2ccccc2c1. The van der Waals surface area contributed by atoms with E-state index in [2.05, 4.69) is 15.8 Å². The zero-order valence-electron chi connectivity index (χ0n) is 15.4. The van der Waals surface area contributed by atoms with Crippen molar-refractivity contribution < 1.29 is 9.59 Å². The Morgan fingerprint density at radius 2 is 1.57 bits per heavy atom. The zero-order chi connectivity index (χ0) is 19.9. The molecular formula is C22H20ClN3O2. The average Bonchev–Trinajstić information content (AvgIpc) is 2.71. The van der Waals surface area contributed by atoms with Crippen molar-refractivity contribution in [2.24, 2.45) is 5.10 Å². The van der Waals surface area contributed by atoms with E-state index in [-0.39, 0.29) is 24.7 Å². The van der Waals surface area contributed by atoms with Crippen LogP contribution in [0.4, 0.5) is 5.69 Å². The molecule has 0 saturated carbocycles. The van der Waals surface area contributed by atoms with Gasteiger partial charge in [0.1, 0.15) is 0 Å². The molecule has 142 valence electrons. The number of carbonyl (C=O) groups excluding carboxylic acids is 2. The summed E-state index contributed by atoms with van der Waals surface area (Å²) in [6.07, 6.45) is 0.0758. The van der Waals surface area contributed by atoms with E-state index in [4.69, 9.17) is 11.6 Å². The first-order chi connectivity index (χ1) is 13.5. The molecule has 5 nitrogen and oxygen atoms in total. The highest BCUT2D eigenvalue weighted by Gasteiger charge is 2.09. The van der Waals surface area contributed by atoms with Gasteiger partial charge in [0.2, 0.25) is 11.8 Å². The normalized spacial score (nSPS) is 11.3. The highest BCUT2D eigenvalue weighted by Crippen LogP contribution is 2.20. The number of hydrogen-bond acceptors (Lipinski definition) is 3. The number of carbonyl (C=O) groups is 2. The van der Waals surface area contributed by atoms with Gasteiger partial charge in [-0.25, -0.2) is 5.43 Å². The number of nitrogens with zero attached hydrogens (tertiary/aromatic N) is 1. The smallest absolute Gasteiger partial charge is 0.240 e. The molecule has 0 aliphatic carbocycles. The van der Waals surface area contributed by atoms with Crippen molar-refractivity contribution in [3.8, 4) is 0 Å². The van der Waals surface area contributed by atoms with E-state index < -0.39 is 0 Å². The second-order valence-corrected chi connectivity index (χ2v) is 6.73. The molecule has 6 heteroatoms. The van der Waals surface area contributed by atoms with Crippen LogP contribution in [0.25, 0.3) is 10.8 Å². The van der Waals surface area contributed by atoms with Crippen molar-refractivity contribution >= 4 is 45.6 Å². The molecule has 3 rings (SSSR count). The molecule has 0 atom stereocenters. The van der Waals surface area contributed by atoms with Crippen LogP contribution in [0.5, 0.6) is 0 Å². The number of hydrogen-bond donors (Lipinski definition) is 2. The van der Waals surface area contributed by atoms with Gasteiger partial charge in [0.05, 0.1) is 16.4 Å². The number of benzene rings is 3. The number of nitrogens with one attached hydrogen (secondary N) is 2. The van der Waals surface area contributed by atoms with Gasteiger partial charge in [0, 0.05) is 12.8 Å². The summed E-state index contributed by atoms with van der Waals surface area (Å²) >= 11 is 6.00. The number of fused-ring (bicyclic) bond motifs is 1. The van der Waals surface area contributed by atoms with Crippen LogP contribution < -0.4 is 10.7 Å². The van der Waals surface area contributed by atoms with Crippen LogP contribution in [0.3, 0.4) is 0 Å². The summed E-state index contributed by atoms with van der Waals surface area (Å²) < 4.78 is 0. The molecule has 0 saturated heterocycles. The van der Waals surface area contributed by atoms with Crippen molar-refractivity contribution in [1.29, 1.82) is 0 Å². The summed E-state index contributed by atoms with van der Waals surface area (Å²) in [6.45, 7) is 1.83. The molecule has 28 heavy (non-hydrogen) atoms. The number of hydrazone groups is 1. The molecule has 0 aliphatic heterocycles. The Morgan fingerprint density at radius 3 is 2.36 bits per heavy atom.